The van der Waals surface area contributed by atoms with E-state index in [0.29, 0.717) is 6.54 Å². The lowest BCUT2D eigenvalue weighted by Gasteiger charge is -2.19. The van der Waals surface area contributed by atoms with Crippen molar-refractivity contribution in [3.05, 3.63) is 58.1 Å². The lowest BCUT2D eigenvalue weighted by molar-refractivity contribution is -0.122. The molecule has 1 N–H and O–H groups in total. The van der Waals surface area contributed by atoms with Crippen LogP contribution in [0.1, 0.15) is 17.5 Å². The molecule has 0 radical (unpaired) electrons. The van der Waals surface area contributed by atoms with Crippen LogP contribution in [0.25, 0.3) is 0 Å². The van der Waals surface area contributed by atoms with E-state index in [1.807, 2.05) is 56.3 Å². The zero-order valence-corrected chi connectivity index (χ0v) is 15.3. The van der Waals surface area contributed by atoms with Gasteiger partial charge in [-0.1, -0.05) is 34.1 Å². The van der Waals surface area contributed by atoms with Crippen LogP contribution in [0, 0.1) is 19.8 Å². The highest BCUT2D eigenvalue weighted by Crippen LogP contribution is 2.29. The van der Waals surface area contributed by atoms with Crippen LogP contribution in [0.2, 0.25) is 0 Å². The van der Waals surface area contributed by atoms with Crippen molar-refractivity contribution in [2.45, 2.75) is 20.3 Å². The zero-order chi connectivity index (χ0) is 17.3. The largest absolute Gasteiger partial charge is 0.326 e. The summed E-state index contributed by atoms with van der Waals surface area (Å²) in [7, 11) is 0. The quantitative estimate of drug-likeness (QED) is 0.864. The molecule has 24 heavy (non-hydrogen) atoms. The molecule has 0 bridgehead atoms. The second-order valence-corrected chi connectivity index (χ2v) is 7.06. The molecule has 1 aliphatic rings. The molecule has 5 heteroatoms. The lowest BCUT2D eigenvalue weighted by Crippen LogP contribution is -2.28. The highest BCUT2D eigenvalue weighted by atomic mass is 79.9. The summed E-state index contributed by atoms with van der Waals surface area (Å²) in [5.41, 5.74) is 3.69. The molecule has 1 fully saturated rings. The lowest BCUT2D eigenvalue weighted by atomic mass is 10.1. The number of hydrogen-bond acceptors (Lipinski definition) is 2. The number of hydrogen-bond donors (Lipinski definition) is 1. The topological polar surface area (TPSA) is 49.4 Å². The van der Waals surface area contributed by atoms with Gasteiger partial charge in [-0.25, -0.2) is 0 Å². The number of aryl methyl sites for hydroxylation is 2. The van der Waals surface area contributed by atoms with Gasteiger partial charge in [0.1, 0.15) is 0 Å². The minimum atomic E-state index is -0.333. The molecule has 3 rings (SSSR count). The molecule has 4 nitrogen and oxygen atoms in total. The third kappa shape index (κ3) is 3.36. The first-order valence-corrected chi connectivity index (χ1v) is 8.68. The van der Waals surface area contributed by atoms with Gasteiger partial charge in [0.25, 0.3) is 0 Å². The minimum Gasteiger partial charge on any atom is -0.326 e. The van der Waals surface area contributed by atoms with Crippen LogP contribution >= 0.6 is 15.9 Å². The Hall–Kier alpha value is -2.14. The third-order valence-corrected chi connectivity index (χ3v) is 4.84. The predicted octanol–water partition coefficient (Wildman–Crippen LogP) is 4.06. The van der Waals surface area contributed by atoms with Crippen LogP contribution in [0.4, 0.5) is 11.4 Å². The van der Waals surface area contributed by atoms with E-state index in [9.17, 15) is 9.59 Å². The number of anilines is 2. The van der Waals surface area contributed by atoms with E-state index < -0.39 is 0 Å². The van der Waals surface area contributed by atoms with Crippen LogP contribution < -0.4 is 10.2 Å². The molecule has 1 aliphatic heterocycles. The summed E-state index contributed by atoms with van der Waals surface area (Å²) in [6.07, 6.45) is 0.246. The summed E-state index contributed by atoms with van der Waals surface area (Å²) in [6, 6.07) is 13.5. The number of para-hydroxylation sites is 1. The molecule has 0 aliphatic carbocycles. The second-order valence-electron chi connectivity index (χ2n) is 6.14. The number of amides is 2. The molecular formula is C19H19BrN2O2. The number of benzene rings is 2. The summed E-state index contributed by atoms with van der Waals surface area (Å²) in [4.78, 5) is 26.6. The molecule has 2 aromatic rings. The molecule has 1 heterocycles. The molecule has 0 aromatic heterocycles. The summed E-state index contributed by atoms with van der Waals surface area (Å²) in [6.45, 7) is 4.34. The standard InChI is InChI=1S/C19H19BrN2O2/c1-12-5-3-4-6-17(12)22-11-14(10-18(22)23)19(24)21-16-8-7-15(20)9-13(16)2/h3-9,14H,10-11H2,1-2H3,(H,21,24)/t14-/m0/s1. The number of rotatable bonds is 3. The van der Waals surface area contributed by atoms with Crippen LogP contribution in [0.3, 0.4) is 0 Å². The third-order valence-electron chi connectivity index (χ3n) is 4.35. The van der Waals surface area contributed by atoms with E-state index in [0.717, 1.165) is 27.0 Å². The Bertz CT molecular complexity index is 804. The van der Waals surface area contributed by atoms with Crippen molar-refractivity contribution in [1.82, 2.24) is 0 Å². The van der Waals surface area contributed by atoms with Gasteiger partial charge in [0.05, 0.1) is 5.92 Å². The highest BCUT2D eigenvalue weighted by Gasteiger charge is 2.35. The van der Waals surface area contributed by atoms with Crippen molar-refractivity contribution in [1.29, 1.82) is 0 Å². The van der Waals surface area contributed by atoms with E-state index in [2.05, 4.69) is 21.2 Å². The average Bonchev–Trinajstić information content (AvgIpc) is 2.92. The fourth-order valence-corrected chi connectivity index (χ4v) is 3.46. The molecule has 0 unspecified atom stereocenters. The Labute approximate surface area is 150 Å². The normalized spacial score (nSPS) is 17.2. The molecule has 1 atom stereocenters. The Balaban J connectivity index is 1.73. The van der Waals surface area contributed by atoms with Gasteiger partial charge in [-0.3, -0.25) is 9.59 Å². The van der Waals surface area contributed by atoms with E-state index in [1.165, 1.54) is 0 Å². The minimum absolute atomic E-state index is 0.00280. The zero-order valence-electron chi connectivity index (χ0n) is 13.7. The van der Waals surface area contributed by atoms with Crippen LogP contribution in [0.15, 0.2) is 46.9 Å². The molecular weight excluding hydrogens is 368 g/mol. The smallest absolute Gasteiger partial charge is 0.229 e. The number of carbonyl (C=O) groups is 2. The van der Waals surface area contributed by atoms with Crippen molar-refractivity contribution >= 4 is 39.1 Å². The number of nitrogens with zero attached hydrogens (tertiary/aromatic N) is 1. The molecule has 124 valence electrons. The first-order chi connectivity index (χ1) is 11.5. The average molecular weight is 387 g/mol. The summed E-state index contributed by atoms with van der Waals surface area (Å²) >= 11 is 3.41. The number of nitrogens with one attached hydrogen (secondary N) is 1. The Morgan fingerprint density at radius 2 is 1.92 bits per heavy atom. The molecule has 1 saturated heterocycles. The van der Waals surface area contributed by atoms with Crippen molar-refractivity contribution in [3.63, 3.8) is 0 Å². The van der Waals surface area contributed by atoms with Crippen molar-refractivity contribution < 1.29 is 9.59 Å². The maximum atomic E-state index is 12.6. The molecule has 0 saturated carbocycles. The Kier molecular flexibility index (Phi) is 4.71. The fraction of sp³-hybridized carbons (Fsp3) is 0.263. The number of carbonyl (C=O) groups excluding carboxylic acids is 2. The van der Waals surface area contributed by atoms with E-state index >= 15 is 0 Å². The second kappa shape index (κ2) is 6.77. The Morgan fingerprint density at radius 1 is 1.17 bits per heavy atom. The van der Waals surface area contributed by atoms with Gasteiger partial charge in [0, 0.05) is 28.8 Å². The summed E-state index contributed by atoms with van der Waals surface area (Å²) in [5.74, 6) is -0.443. The van der Waals surface area contributed by atoms with Crippen molar-refractivity contribution in [2.24, 2.45) is 5.92 Å². The van der Waals surface area contributed by atoms with E-state index in [-0.39, 0.29) is 24.2 Å². The highest BCUT2D eigenvalue weighted by molar-refractivity contribution is 9.10. The summed E-state index contributed by atoms with van der Waals surface area (Å²) < 4.78 is 0.972. The number of halogens is 1. The fourth-order valence-electron chi connectivity index (χ4n) is 2.98. The van der Waals surface area contributed by atoms with Gasteiger partial charge >= 0.3 is 0 Å². The van der Waals surface area contributed by atoms with E-state index in [1.54, 1.807) is 4.90 Å². The van der Waals surface area contributed by atoms with Gasteiger partial charge in [0.2, 0.25) is 11.8 Å². The van der Waals surface area contributed by atoms with Crippen molar-refractivity contribution in [3.8, 4) is 0 Å². The van der Waals surface area contributed by atoms with E-state index in [4.69, 9.17) is 0 Å². The maximum absolute atomic E-state index is 12.6. The van der Waals surface area contributed by atoms with Gasteiger partial charge in [-0.15, -0.1) is 0 Å². The first kappa shape index (κ1) is 16.7. The molecule has 2 amide bonds. The molecule has 0 spiro atoms. The maximum Gasteiger partial charge on any atom is 0.229 e. The van der Waals surface area contributed by atoms with Crippen LogP contribution in [-0.2, 0) is 9.59 Å². The first-order valence-electron chi connectivity index (χ1n) is 7.88. The summed E-state index contributed by atoms with van der Waals surface area (Å²) in [5, 5.41) is 2.95. The van der Waals surface area contributed by atoms with Gasteiger partial charge in [0.15, 0.2) is 0 Å². The van der Waals surface area contributed by atoms with Crippen LogP contribution in [0.5, 0.6) is 0 Å². The van der Waals surface area contributed by atoms with Crippen LogP contribution in [-0.4, -0.2) is 18.4 Å². The SMILES string of the molecule is Cc1cc(Br)ccc1NC(=O)[C@H]1CC(=O)N(c2ccccc2C)C1. The monoisotopic (exact) mass is 386 g/mol. The van der Waals surface area contributed by atoms with Crippen molar-refractivity contribution in [2.75, 3.05) is 16.8 Å². The van der Waals surface area contributed by atoms with Gasteiger partial charge in [-0.2, -0.15) is 0 Å². The Morgan fingerprint density at radius 3 is 2.62 bits per heavy atom. The van der Waals surface area contributed by atoms with Gasteiger partial charge in [-0.05, 0) is 49.2 Å². The van der Waals surface area contributed by atoms with Gasteiger partial charge < -0.3 is 10.2 Å². The molecule has 2 aromatic carbocycles. The predicted molar refractivity (Wildman–Crippen MR) is 99.1 cm³/mol.